The summed E-state index contributed by atoms with van der Waals surface area (Å²) >= 11 is 6.00. The molecule has 12 heteroatoms. The number of fused-ring (bicyclic) bond motifs is 1. The molecule has 2 heterocycles. The summed E-state index contributed by atoms with van der Waals surface area (Å²) in [5, 5.41) is 29.6. The van der Waals surface area contributed by atoms with Gasteiger partial charge in [-0.25, -0.2) is 9.48 Å². The van der Waals surface area contributed by atoms with E-state index in [-0.39, 0.29) is 36.0 Å². The van der Waals surface area contributed by atoms with Gasteiger partial charge in [0.15, 0.2) is 5.15 Å². The summed E-state index contributed by atoms with van der Waals surface area (Å²) in [7, 11) is -1.39. The van der Waals surface area contributed by atoms with Crippen LogP contribution in [0.25, 0.3) is 0 Å². The molecule has 1 aromatic carbocycles. The third-order valence-electron chi connectivity index (χ3n) is 3.92. The zero-order chi connectivity index (χ0) is 18.8. The van der Waals surface area contributed by atoms with Crippen molar-refractivity contribution in [3.05, 3.63) is 40.2 Å². The van der Waals surface area contributed by atoms with Gasteiger partial charge in [0, 0.05) is 6.54 Å². The van der Waals surface area contributed by atoms with Crippen molar-refractivity contribution >= 4 is 30.6 Å². The highest BCUT2D eigenvalue weighted by molar-refractivity contribution is 6.47. The maximum absolute atomic E-state index is 12.2. The highest BCUT2D eigenvalue weighted by Gasteiger charge is 2.37. The first-order valence-corrected chi connectivity index (χ1v) is 8.05. The van der Waals surface area contributed by atoms with E-state index in [9.17, 15) is 19.7 Å². The predicted octanol–water partition coefficient (Wildman–Crippen LogP) is -0.772. The van der Waals surface area contributed by atoms with Crippen LogP contribution < -0.4 is 15.7 Å². The maximum atomic E-state index is 12.2. The lowest BCUT2D eigenvalue weighted by molar-refractivity contribution is -0.122. The first kappa shape index (κ1) is 18.2. The van der Waals surface area contributed by atoms with Crippen molar-refractivity contribution in [2.24, 2.45) is 5.73 Å². The number of carboxylic acid groups (broad SMARTS) is 1. The SMILES string of the molecule is NCc1nnn(CC(=O)NC2Cc3cccc(C(=O)O)c3OB2O)c1Cl. The maximum Gasteiger partial charge on any atom is 0.547 e. The molecule has 0 aliphatic carbocycles. The first-order valence-electron chi connectivity index (χ1n) is 7.68. The van der Waals surface area contributed by atoms with Crippen molar-refractivity contribution in [1.82, 2.24) is 20.3 Å². The number of aromatic carboxylic acids is 1. The topological polar surface area (TPSA) is 153 Å². The summed E-state index contributed by atoms with van der Waals surface area (Å²) in [6, 6.07) is 4.63. The lowest BCUT2D eigenvalue weighted by atomic mass is 9.72. The van der Waals surface area contributed by atoms with Crippen LogP contribution in [0.1, 0.15) is 21.6 Å². The fourth-order valence-corrected chi connectivity index (χ4v) is 2.88. The third kappa shape index (κ3) is 3.50. The second kappa shape index (κ2) is 7.32. The highest BCUT2D eigenvalue weighted by atomic mass is 35.5. The van der Waals surface area contributed by atoms with Gasteiger partial charge in [0.1, 0.15) is 18.0 Å². The molecule has 1 unspecified atom stereocenters. The van der Waals surface area contributed by atoms with Crippen molar-refractivity contribution in [1.29, 1.82) is 0 Å². The smallest absolute Gasteiger partial charge is 0.534 e. The summed E-state index contributed by atoms with van der Waals surface area (Å²) in [6.45, 7) is -0.116. The minimum atomic E-state index is -1.39. The summed E-state index contributed by atoms with van der Waals surface area (Å²) in [5.74, 6) is -2.28. The Hall–Kier alpha value is -2.63. The quantitative estimate of drug-likeness (QED) is 0.494. The molecule has 10 nitrogen and oxygen atoms in total. The number of nitrogens with one attached hydrogen (secondary N) is 1. The van der Waals surface area contributed by atoms with Crippen LogP contribution in [0.5, 0.6) is 5.75 Å². The van der Waals surface area contributed by atoms with Gasteiger partial charge in [-0.05, 0) is 18.1 Å². The normalized spacial score (nSPS) is 16.0. The van der Waals surface area contributed by atoms with Gasteiger partial charge in [-0.3, -0.25) is 4.79 Å². The number of aromatic nitrogens is 3. The minimum absolute atomic E-state index is 0.0463. The second-order valence-electron chi connectivity index (χ2n) is 5.67. The highest BCUT2D eigenvalue weighted by Crippen LogP contribution is 2.30. The molecular formula is C14H15BClN5O5. The van der Waals surface area contributed by atoms with Crippen molar-refractivity contribution in [2.75, 3.05) is 0 Å². The van der Waals surface area contributed by atoms with Gasteiger partial charge in [-0.1, -0.05) is 28.9 Å². The van der Waals surface area contributed by atoms with E-state index in [1.807, 2.05) is 0 Å². The average molecular weight is 380 g/mol. The Labute approximate surface area is 153 Å². The van der Waals surface area contributed by atoms with Gasteiger partial charge < -0.3 is 25.8 Å². The molecule has 1 amide bonds. The van der Waals surface area contributed by atoms with E-state index >= 15 is 0 Å². The molecule has 1 aliphatic heterocycles. The lowest BCUT2D eigenvalue weighted by Gasteiger charge is -2.28. The molecule has 2 aromatic rings. The summed E-state index contributed by atoms with van der Waals surface area (Å²) in [4.78, 5) is 23.4. The molecule has 0 bridgehead atoms. The molecule has 5 N–H and O–H groups in total. The Morgan fingerprint density at radius 1 is 1.50 bits per heavy atom. The number of amides is 1. The Bertz CT molecular complexity index is 860. The van der Waals surface area contributed by atoms with Crippen LogP contribution in [0.3, 0.4) is 0 Å². The van der Waals surface area contributed by atoms with Crippen LogP contribution in [0, 0.1) is 0 Å². The van der Waals surface area contributed by atoms with Crippen molar-refractivity contribution in [3.63, 3.8) is 0 Å². The van der Waals surface area contributed by atoms with E-state index in [1.54, 1.807) is 12.1 Å². The largest absolute Gasteiger partial charge is 0.547 e. The predicted molar refractivity (Wildman–Crippen MR) is 90.6 cm³/mol. The van der Waals surface area contributed by atoms with Gasteiger partial charge in [0.25, 0.3) is 0 Å². The number of rotatable bonds is 5. The first-order chi connectivity index (χ1) is 12.4. The number of carboxylic acids is 1. The van der Waals surface area contributed by atoms with Crippen molar-refractivity contribution in [3.8, 4) is 5.75 Å². The van der Waals surface area contributed by atoms with E-state index in [0.29, 0.717) is 11.3 Å². The molecule has 0 saturated heterocycles. The zero-order valence-electron chi connectivity index (χ0n) is 13.4. The number of halogens is 1. The molecule has 1 atom stereocenters. The Morgan fingerprint density at radius 2 is 2.27 bits per heavy atom. The lowest BCUT2D eigenvalue weighted by Crippen LogP contribution is -2.53. The molecule has 26 heavy (non-hydrogen) atoms. The molecule has 0 radical (unpaired) electrons. The third-order valence-corrected chi connectivity index (χ3v) is 4.33. The summed E-state index contributed by atoms with van der Waals surface area (Å²) in [5.41, 5.74) is 6.35. The Kier molecular flexibility index (Phi) is 5.12. The second-order valence-corrected chi connectivity index (χ2v) is 6.03. The fourth-order valence-electron chi connectivity index (χ4n) is 2.67. The molecule has 136 valence electrons. The number of nitrogens with zero attached hydrogens (tertiary/aromatic N) is 3. The van der Waals surface area contributed by atoms with E-state index in [2.05, 4.69) is 15.6 Å². The zero-order valence-corrected chi connectivity index (χ0v) is 14.2. The number of carbonyl (C=O) groups is 2. The van der Waals surface area contributed by atoms with E-state index in [4.69, 9.17) is 22.0 Å². The average Bonchev–Trinajstić information content (AvgIpc) is 2.94. The summed E-state index contributed by atoms with van der Waals surface area (Å²) in [6.07, 6.45) is 0.211. The summed E-state index contributed by atoms with van der Waals surface area (Å²) < 4.78 is 6.50. The monoisotopic (exact) mass is 379 g/mol. The minimum Gasteiger partial charge on any atom is -0.534 e. The van der Waals surface area contributed by atoms with Gasteiger partial charge in [-0.15, -0.1) is 5.10 Å². The number of benzene rings is 1. The molecule has 0 spiro atoms. The molecule has 0 fully saturated rings. The Morgan fingerprint density at radius 3 is 2.92 bits per heavy atom. The van der Waals surface area contributed by atoms with Crippen LogP contribution in [-0.4, -0.2) is 50.1 Å². The molecule has 3 rings (SSSR count). The van der Waals surface area contributed by atoms with Crippen LogP contribution in [0.4, 0.5) is 0 Å². The molecule has 1 aliphatic rings. The number of para-hydroxylation sites is 1. The van der Waals surface area contributed by atoms with Gasteiger partial charge in [0.05, 0.1) is 11.5 Å². The molecule has 1 aromatic heterocycles. The van der Waals surface area contributed by atoms with Crippen LogP contribution in [0.2, 0.25) is 5.15 Å². The number of hydrogen-bond donors (Lipinski definition) is 4. The van der Waals surface area contributed by atoms with Crippen molar-refractivity contribution < 1.29 is 24.4 Å². The van der Waals surface area contributed by atoms with Crippen LogP contribution in [0.15, 0.2) is 18.2 Å². The molecular weight excluding hydrogens is 364 g/mol. The number of nitrogens with two attached hydrogens (primary N) is 1. The van der Waals surface area contributed by atoms with E-state index in [1.165, 1.54) is 10.7 Å². The van der Waals surface area contributed by atoms with E-state index in [0.717, 1.165) is 0 Å². The van der Waals surface area contributed by atoms with Gasteiger partial charge >= 0.3 is 13.1 Å². The number of hydrogen-bond acceptors (Lipinski definition) is 7. The van der Waals surface area contributed by atoms with E-state index < -0.39 is 24.9 Å². The Balaban J connectivity index is 1.71. The number of carbonyl (C=O) groups excluding carboxylic acids is 1. The van der Waals surface area contributed by atoms with Crippen molar-refractivity contribution in [2.45, 2.75) is 25.5 Å². The fraction of sp³-hybridized carbons (Fsp3) is 0.286. The standard InChI is InChI=1S/C14H15BClN5O5/c16-13-9(5-17)19-20-21(13)6-11(22)18-10-4-7-2-1-3-8(14(23)24)12(7)26-15(10)25/h1-3,10,25H,4-6,17H2,(H,18,22)(H,23,24). The van der Waals surface area contributed by atoms with Gasteiger partial charge in [-0.2, -0.15) is 0 Å². The van der Waals surface area contributed by atoms with Gasteiger partial charge in [0.2, 0.25) is 5.91 Å². The molecule has 0 saturated carbocycles. The van der Waals surface area contributed by atoms with Crippen LogP contribution >= 0.6 is 11.6 Å². The van der Waals surface area contributed by atoms with Crippen LogP contribution in [-0.2, 0) is 24.3 Å².